The van der Waals surface area contributed by atoms with Crippen molar-refractivity contribution in [2.45, 2.75) is 51.6 Å². The molecule has 1 atom stereocenters. The summed E-state index contributed by atoms with van der Waals surface area (Å²) in [6, 6.07) is 8.99. The second-order valence-corrected chi connectivity index (χ2v) is 5.91. The molecule has 1 heterocycles. The predicted molar refractivity (Wildman–Crippen MR) is 74.5 cm³/mol. The first-order valence-corrected chi connectivity index (χ1v) is 6.56. The Bertz CT molecular complexity index is 396. The van der Waals surface area contributed by atoms with Crippen LogP contribution in [0.25, 0.3) is 0 Å². The van der Waals surface area contributed by atoms with Gasteiger partial charge in [-0.2, -0.15) is 0 Å². The molecule has 2 nitrogen and oxygen atoms in total. The van der Waals surface area contributed by atoms with E-state index in [0.29, 0.717) is 5.92 Å². The molecule has 0 bridgehead atoms. The molecule has 0 amide bonds. The van der Waals surface area contributed by atoms with E-state index in [2.05, 4.69) is 56.9 Å². The second-order valence-electron chi connectivity index (χ2n) is 5.91. The van der Waals surface area contributed by atoms with Crippen LogP contribution in [0.15, 0.2) is 24.3 Å². The van der Waals surface area contributed by atoms with Crippen LogP contribution in [0.5, 0.6) is 0 Å². The molecule has 0 radical (unpaired) electrons. The molecule has 1 unspecified atom stereocenters. The van der Waals surface area contributed by atoms with E-state index in [-0.39, 0.29) is 11.6 Å². The summed E-state index contributed by atoms with van der Waals surface area (Å²) in [6.07, 6.45) is 1.08. The third-order valence-corrected chi connectivity index (χ3v) is 4.12. The van der Waals surface area contributed by atoms with Crippen molar-refractivity contribution in [3.05, 3.63) is 29.8 Å². The lowest BCUT2D eigenvalue weighted by atomic mass is 9.94. The number of nitrogens with zero attached hydrogens (tertiary/aromatic N) is 1. The van der Waals surface area contributed by atoms with Gasteiger partial charge in [0.2, 0.25) is 0 Å². The summed E-state index contributed by atoms with van der Waals surface area (Å²) in [7, 11) is 0. The second kappa shape index (κ2) is 4.34. The average molecular weight is 232 g/mol. The normalized spacial score (nSPS) is 23.4. The first kappa shape index (κ1) is 12.4. The molecule has 1 aliphatic heterocycles. The van der Waals surface area contributed by atoms with Crippen molar-refractivity contribution in [1.82, 2.24) is 0 Å². The Kier molecular flexibility index (Phi) is 3.17. The summed E-state index contributed by atoms with van der Waals surface area (Å²) in [5.74, 6) is 0.554. The van der Waals surface area contributed by atoms with Gasteiger partial charge in [0.25, 0.3) is 0 Å². The van der Waals surface area contributed by atoms with Gasteiger partial charge in [0.1, 0.15) is 0 Å². The van der Waals surface area contributed by atoms with Crippen molar-refractivity contribution >= 4 is 5.69 Å². The number of rotatable bonds is 2. The minimum absolute atomic E-state index is 0.0605. The third-order valence-electron chi connectivity index (χ3n) is 4.12. The quantitative estimate of drug-likeness (QED) is 0.849. The van der Waals surface area contributed by atoms with Crippen LogP contribution in [0, 0.1) is 0 Å². The predicted octanol–water partition coefficient (Wildman–Crippen LogP) is 3.13. The number of nitrogens with two attached hydrogens (primary N) is 1. The highest BCUT2D eigenvalue weighted by atomic mass is 15.2. The molecule has 0 aliphatic carbocycles. The van der Waals surface area contributed by atoms with Gasteiger partial charge in [-0.25, -0.2) is 0 Å². The highest BCUT2D eigenvalue weighted by Gasteiger charge is 2.39. The van der Waals surface area contributed by atoms with E-state index in [4.69, 9.17) is 5.73 Å². The number of benzene rings is 1. The fourth-order valence-corrected chi connectivity index (χ4v) is 2.76. The van der Waals surface area contributed by atoms with Gasteiger partial charge < -0.3 is 10.6 Å². The fourth-order valence-electron chi connectivity index (χ4n) is 2.76. The van der Waals surface area contributed by atoms with E-state index in [1.165, 1.54) is 11.3 Å². The van der Waals surface area contributed by atoms with Gasteiger partial charge in [-0.1, -0.05) is 32.0 Å². The van der Waals surface area contributed by atoms with E-state index in [9.17, 15) is 0 Å². The highest BCUT2D eigenvalue weighted by molar-refractivity contribution is 5.58. The van der Waals surface area contributed by atoms with Crippen LogP contribution < -0.4 is 10.6 Å². The van der Waals surface area contributed by atoms with Gasteiger partial charge >= 0.3 is 0 Å². The summed E-state index contributed by atoms with van der Waals surface area (Å²) in [5.41, 5.74) is 9.07. The number of anilines is 1. The number of para-hydroxylation sites is 1. The molecule has 1 aromatic carbocycles. The Morgan fingerprint density at radius 2 is 1.94 bits per heavy atom. The molecule has 1 aromatic rings. The van der Waals surface area contributed by atoms with E-state index >= 15 is 0 Å². The SMILES string of the molecule is CC(C)c1ccccc1N1CCC(N)C1(C)C. The summed E-state index contributed by atoms with van der Waals surface area (Å²) in [4.78, 5) is 2.48. The standard InChI is InChI=1S/C15H24N2/c1-11(2)12-7-5-6-8-13(12)17-10-9-14(16)15(17,3)4/h5-8,11,14H,9-10,16H2,1-4H3. The number of hydrogen-bond acceptors (Lipinski definition) is 2. The van der Waals surface area contributed by atoms with Crippen molar-refractivity contribution in [2.75, 3.05) is 11.4 Å². The average Bonchev–Trinajstić information content (AvgIpc) is 2.54. The Balaban J connectivity index is 2.41. The van der Waals surface area contributed by atoms with Gasteiger partial charge in [-0.05, 0) is 37.8 Å². The molecule has 1 saturated heterocycles. The highest BCUT2D eigenvalue weighted by Crippen LogP contribution is 2.37. The summed E-state index contributed by atoms with van der Waals surface area (Å²) < 4.78 is 0. The minimum Gasteiger partial charge on any atom is -0.365 e. The van der Waals surface area contributed by atoms with Crippen molar-refractivity contribution in [3.8, 4) is 0 Å². The summed E-state index contributed by atoms with van der Waals surface area (Å²) in [5, 5.41) is 0. The molecule has 94 valence electrons. The van der Waals surface area contributed by atoms with Gasteiger partial charge in [0.15, 0.2) is 0 Å². The first-order valence-electron chi connectivity index (χ1n) is 6.56. The van der Waals surface area contributed by atoms with Crippen molar-refractivity contribution < 1.29 is 0 Å². The topological polar surface area (TPSA) is 29.3 Å². The van der Waals surface area contributed by atoms with Crippen LogP contribution in [0.1, 0.15) is 45.6 Å². The van der Waals surface area contributed by atoms with Crippen LogP contribution in [0.2, 0.25) is 0 Å². The van der Waals surface area contributed by atoms with Crippen LogP contribution in [0.4, 0.5) is 5.69 Å². The Morgan fingerprint density at radius 1 is 1.29 bits per heavy atom. The van der Waals surface area contributed by atoms with E-state index in [1.54, 1.807) is 0 Å². The zero-order chi connectivity index (χ0) is 12.6. The smallest absolute Gasteiger partial charge is 0.0497 e. The minimum atomic E-state index is 0.0605. The van der Waals surface area contributed by atoms with Gasteiger partial charge in [-0.15, -0.1) is 0 Å². The molecule has 2 rings (SSSR count). The molecule has 0 saturated carbocycles. The van der Waals surface area contributed by atoms with Gasteiger partial charge in [-0.3, -0.25) is 0 Å². The maximum absolute atomic E-state index is 6.22. The molecule has 1 aliphatic rings. The van der Waals surface area contributed by atoms with Crippen LogP contribution in [-0.4, -0.2) is 18.1 Å². The molecular formula is C15H24N2. The summed E-state index contributed by atoms with van der Waals surface area (Å²) >= 11 is 0. The lowest BCUT2D eigenvalue weighted by Gasteiger charge is -2.38. The monoisotopic (exact) mass is 232 g/mol. The van der Waals surface area contributed by atoms with Crippen molar-refractivity contribution in [1.29, 1.82) is 0 Å². The maximum atomic E-state index is 6.22. The zero-order valence-electron chi connectivity index (χ0n) is 11.4. The van der Waals surface area contributed by atoms with E-state index < -0.39 is 0 Å². The maximum Gasteiger partial charge on any atom is 0.0497 e. The Labute approximate surface area is 105 Å². The lowest BCUT2D eigenvalue weighted by molar-refractivity contribution is 0.452. The van der Waals surface area contributed by atoms with Crippen molar-refractivity contribution in [3.63, 3.8) is 0 Å². The lowest BCUT2D eigenvalue weighted by Crippen LogP contribution is -2.49. The molecule has 2 heteroatoms. The van der Waals surface area contributed by atoms with Crippen molar-refractivity contribution in [2.24, 2.45) is 5.73 Å². The number of hydrogen-bond donors (Lipinski definition) is 1. The molecule has 0 spiro atoms. The summed E-state index contributed by atoms with van der Waals surface area (Å²) in [6.45, 7) is 10.1. The van der Waals surface area contributed by atoms with Crippen LogP contribution >= 0.6 is 0 Å². The zero-order valence-corrected chi connectivity index (χ0v) is 11.4. The Hall–Kier alpha value is -1.02. The largest absolute Gasteiger partial charge is 0.365 e. The molecular weight excluding hydrogens is 208 g/mol. The van der Waals surface area contributed by atoms with Gasteiger partial charge in [0, 0.05) is 23.8 Å². The molecule has 1 fully saturated rings. The van der Waals surface area contributed by atoms with E-state index in [1.807, 2.05) is 0 Å². The molecule has 2 N–H and O–H groups in total. The third kappa shape index (κ3) is 2.06. The fraction of sp³-hybridized carbons (Fsp3) is 0.600. The van der Waals surface area contributed by atoms with Crippen LogP contribution in [0.3, 0.4) is 0 Å². The molecule has 0 aromatic heterocycles. The first-order chi connectivity index (χ1) is 7.94. The molecule has 17 heavy (non-hydrogen) atoms. The van der Waals surface area contributed by atoms with E-state index in [0.717, 1.165) is 13.0 Å². The van der Waals surface area contributed by atoms with Gasteiger partial charge in [0.05, 0.1) is 0 Å². The Morgan fingerprint density at radius 3 is 2.47 bits per heavy atom. The van der Waals surface area contributed by atoms with Crippen LogP contribution in [-0.2, 0) is 0 Å².